The fraction of sp³-hybridized carbons (Fsp3) is 1.00. The Balaban J connectivity index is 2.57. The molecule has 0 amide bonds. The normalized spacial score (nSPS) is 38.2. The SMILES string of the molecule is OC1COC(C(F)(F)F)C(F)O1. The van der Waals surface area contributed by atoms with Crippen LogP contribution in [0.15, 0.2) is 0 Å². The molecule has 3 nitrogen and oxygen atoms in total. The van der Waals surface area contributed by atoms with Gasteiger partial charge in [0.15, 0.2) is 6.29 Å². The second-order valence-electron chi connectivity index (χ2n) is 2.24. The van der Waals surface area contributed by atoms with Crippen LogP contribution in [0.25, 0.3) is 0 Å². The first-order valence-corrected chi connectivity index (χ1v) is 3.07. The van der Waals surface area contributed by atoms with Crippen molar-refractivity contribution in [3.8, 4) is 0 Å². The fourth-order valence-corrected chi connectivity index (χ4v) is 0.765. The number of aliphatic hydroxyl groups excluding tert-OH is 1. The van der Waals surface area contributed by atoms with Crippen molar-refractivity contribution in [2.45, 2.75) is 24.9 Å². The summed E-state index contributed by atoms with van der Waals surface area (Å²) in [6, 6.07) is 0. The highest BCUT2D eigenvalue weighted by Crippen LogP contribution is 2.30. The maximum Gasteiger partial charge on any atom is 0.419 e. The summed E-state index contributed by atoms with van der Waals surface area (Å²) in [6.45, 7) is -0.676. The number of halogens is 4. The summed E-state index contributed by atoms with van der Waals surface area (Å²) in [5, 5.41) is 8.51. The highest BCUT2D eigenvalue weighted by Gasteiger charge is 2.50. The van der Waals surface area contributed by atoms with Crippen molar-refractivity contribution in [1.82, 2.24) is 0 Å². The molecule has 1 aliphatic rings. The standard InChI is InChI=1S/C5H6F4O3/c6-4-3(5(7,8)9)11-1-2(10)12-4/h2-4,10H,1H2. The fourth-order valence-electron chi connectivity index (χ4n) is 0.765. The monoisotopic (exact) mass is 190 g/mol. The molecule has 1 rings (SSSR count). The van der Waals surface area contributed by atoms with Gasteiger partial charge in [0.1, 0.15) is 0 Å². The number of alkyl halides is 4. The second-order valence-corrected chi connectivity index (χ2v) is 2.24. The van der Waals surface area contributed by atoms with Crippen molar-refractivity contribution in [2.75, 3.05) is 6.61 Å². The van der Waals surface area contributed by atoms with E-state index in [-0.39, 0.29) is 0 Å². The van der Waals surface area contributed by atoms with Crippen LogP contribution in [0.2, 0.25) is 0 Å². The highest BCUT2D eigenvalue weighted by atomic mass is 19.4. The van der Waals surface area contributed by atoms with Gasteiger partial charge >= 0.3 is 6.18 Å². The van der Waals surface area contributed by atoms with Crippen LogP contribution in [-0.4, -0.2) is 36.6 Å². The lowest BCUT2D eigenvalue weighted by Gasteiger charge is -2.30. The molecule has 1 N–H and O–H groups in total. The Morgan fingerprint density at radius 3 is 2.33 bits per heavy atom. The smallest absolute Gasteiger partial charge is 0.366 e. The minimum Gasteiger partial charge on any atom is -0.366 e. The van der Waals surface area contributed by atoms with Crippen molar-refractivity contribution < 1.29 is 32.1 Å². The topological polar surface area (TPSA) is 38.7 Å². The Labute approximate surface area is 64.9 Å². The van der Waals surface area contributed by atoms with Crippen molar-refractivity contribution in [3.63, 3.8) is 0 Å². The van der Waals surface area contributed by atoms with Gasteiger partial charge in [0.2, 0.25) is 12.5 Å². The lowest BCUT2D eigenvalue weighted by atomic mass is 10.3. The third-order valence-corrected chi connectivity index (χ3v) is 1.27. The molecule has 12 heavy (non-hydrogen) atoms. The largest absolute Gasteiger partial charge is 0.419 e. The minimum absolute atomic E-state index is 0.676. The average Bonchev–Trinajstić information content (AvgIpc) is 1.83. The molecule has 72 valence electrons. The number of hydrogen-bond donors (Lipinski definition) is 1. The van der Waals surface area contributed by atoms with E-state index in [9.17, 15) is 17.6 Å². The van der Waals surface area contributed by atoms with E-state index in [0.717, 1.165) is 0 Å². The number of ether oxygens (including phenoxy) is 2. The van der Waals surface area contributed by atoms with E-state index >= 15 is 0 Å². The first kappa shape index (κ1) is 9.69. The summed E-state index contributed by atoms with van der Waals surface area (Å²) in [6.07, 6.45) is -11.7. The molecule has 3 unspecified atom stereocenters. The van der Waals surface area contributed by atoms with Gasteiger partial charge in [-0.25, -0.2) is 4.39 Å². The maximum atomic E-state index is 12.4. The van der Waals surface area contributed by atoms with Crippen molar-refractivity contribution in [1.29, 1.82) is 0 Å². The molecule has 1 heterocycles. The van der Waals surface area contributed by atoms with E-state index in [1.165, 1.54) is 0 Å². The van der Waals surface area contributed by atoms with Gasteiger partial charge in [0, 0.05) is 0 Å². The second kappa shape index (κ2) is 3.15. The van der Waals surface area contributed by atoms with Crippen LogP contribution >= 0.6 is 0 Å². The van der Waals surface area contributed by atoms with E-state index in [2.05, 4.69) is 9.47 Å². The molecule has 0 spiro atoms. The van der Waals surface area contributed by atoms with Crippen LogP contribution in [0.4, 0.5) is 17.6 Å². The highest BCUT2D eigenvalue weighted by molar-refractivity contribution is 4.74. The lowest BCUT2D eigenvalue weighted by Crippen LogP contribution is -2.48. The summed E-state index contributed by atoms with van der Waals surface area (Å²) >= 11 is 0. The molecule has 0 aliphatic carbocycles. The van der Waals surface area contributed by atoms with Crippen LogP contribution < -0.4 is 0 Å². The lowest BCUT2D eigenvalue weighted by molar-refractivity contribution is -0.345. The Hall–Kier alpha value is -0.400. The molecule has 0 radical (unpaired) electrons. The van der Waals surface area contributed by atoms with Crippen LogP contribution in [0.5, 0.6) is 0 Å². The van der Waals surface area contributed by atoms with Gasteiger partial charge in [-0.3, -0.25) is 0 Å². The Kier molecular flexibility index (Phi) is 2.55. The first-order chi connectivity index (χ1) is 5.41. The summed E-state index contributed by atoms with van der Waals surface area (Å²) in [5.74, 6) is 0. The van der Waals surface area contributed by atoms with Crippen molar-refractivity contribution in [2.24, 2.45) is 0 Å². The zero-order valence-corrected chi connectivity index (χ0v) is 5.71. The predicted molar refractivity (Wildman–Crippen MR) is 27.8 cm³/mol. The molecule has 1 aliphatic heterocycles. The summed E-state index contributed by atoms with van der Waals surface area (Å²) < 4.78 is 55.6. The quantitative estimate of drug-likeness (QED) is 0.568. The van der Waals surface area contributed by atoms with Crippen LogP contribution in [0, 0.1) is 0 Å². The van der Waals surface area contributed by atoms with E-state index in [1.54, 1.807) is 0 Å². The van der Waals surface area contributed by atoms with Gasteiger partial charge in [0.25, 0.3) is 0 Å². The van der Waals surface area contributed by atoms with Crippen molar-refractivity contribution in [3.05, 3.63) is 0 Å². The molecule has 3 atom stereocenters. The van der Waals surface area contributed by atoms with Gasteiger partial charge in [-0.15, -0.1) is 0 Å². The Morgan fingerprint density at radius 2 is 1.92 bits per heavy atom. The zero-order chi connectivity index (χ0) is 9.35. The van der Waals surface area contributed by atoms with Gasteiger partial charge in [-0.2, -0.15) is 13.2 Å². The molecule has 1 saturated heterocycles. The van der Waals surface area contributed by atoms with Crippen LogP contribution in [0.1, 0.15) is 0 Å². The maximum absolute atomic E-state index is 12.4. The number of hydrogen-bond acceptors (Lipinski definition) is 3. The van der Waals surface area contributed by atoms with Crippen LogP contribution in [-0.2, 0) is 9.47 Å². The summed E-state index contributed by atoms with van der Waals surface area (Å²) in [5.41, 5.74) is 0. The summed E-state index contributed by atoms with van der Waals surface area (Å²) in [4.78, 5) is 0. The van der Waals surface area contributed by atoms with E-state index in [1.807, 2.05) is 0 Å². The zero-order valence-electron chi connectivity index (χ0n) is 5.71. The molecule has 1 fully saturated rings. The molecule has 0 aromatic carbocycles. The third kappa shape index (κ3) is 2.05. The third-order valence-electron chi connectivity index (χ3n) is 1.27. The van der Waals surface area contributed by atoms with Crippen molar-refractivity contribution >= 4 is 0 Å². The van der Waals surface area contributed by atoms with Gasteiger partial charge in [-0.1, -0.05) is 0 Å². The molecule has 0 aromatic rings. The first-order valence-electron chi connectivity index (χ1n) is 3.07. The number of rotatable bonds is 0. The van der Waals surface area contributed by atoms with E-state index in [0.29, 0.717) is 0 Å². The molecular weight excluding hydrogens is 184 g/mol. The molecule has 0 aromatic heterocycles. The molecular formula is C5H6F4O3. The van der Waals surface area contributed by atoms with Gasteiger partial charge < -0.3 is 14.6 Å². The van der Waals surface area contributed by atoms with Gasteiger partial charge in [-0.05, 0) is 0 Å². The Bertz CT molecular complexity index is 159. The minimum atomic E-state index is -4.81. The average molecular weight is 190 g/mol. The van der Waals surface area contributed by atoms with E-state index < -0.39 is 31.5 Å². The predicted octanol–water partition coefficient (Wildman–Crippen LogP) is 0.578. The van der Waals surface area contributed by atoms with E-state index in [4.69, 9.17) is 5.11 Å². The summed E-state index contributed by atoms with van der Waals surface area (Å²) in [7, 11) is 0. The van der Waals surface area contributed by atoms with Crippen LogP contribution in [0.3, 0.4) is 0 Å². The molecule has 7 heteroatoms. The molecule has 0 bridgehead atoms. The van der Waals surface area contributed by atoms with Gasteiger partial charge in [0.05, 0.1) is 6.61 Å². The number of aliphatic hydroxyl groups is 1. The molecule has 0 saturated carbocycles. The Morgan fingerprint density at radius 1 is 1.33 bits per heavy atom.